The Hall–Kier alpha value is -4.41. The number of aliphatic hydroxyl groups excluding tert-OH is 1. The molecular formula is C31H57N11O12P+. The Morgan fingerprint density at radius 3 is 1.96 bits per heavy atom. The van der Waals surface area contributed by atoms with Crippen molar-refractivity contribution >= 4 is 55.1 Å². The van der Waals surface area contributed by atoms with Crippen molar-refractivity contribution in [2.24, 2.45) is 28.9 Å². The molecule has 2 aliphatic heterocycles. The molecule has 312 valence electrons. The Labute approximate surface area is 318 Å². The number of hydrogen-bond donors (Lipinski definition) is 12. The predicted octanol–water partition coefficient (Wildman–Crippen LogP) is -6.98. The smallest absolute Gasteiger partial charge is 0.391 e. The van der Waals surface area contributed by atoms with Crippen molar-refractivity contribution in [2.45, 2.75) is 108 Å². The average molecular weight is 807 g/mol. The van der Waals surface area contributed by atoms with Gasteiger partial charge in [0.15, 0.2) is 0 Å². The Morgan fingerprint density at radius 2 is 1.44 bits per heavy atom. The van der Waals surface area contributed by atoms with E-state index in [1.165, 1.54) is 11.8 Å². The van der Waals surface area contributed by atoms with E-state index >= 15 is 0 Å². The number of aliphatic hydroxyl groups is 1. The van der Waals surface area contributed by atoms with E-state index in [9.17, 15) is 53.0 Å². The van der Waals surface area contributed by atoms with Crippen LogP contribution in [0.3, 0.4) is 0 Å². The number of phosphoric acid groups is 1. The first kappa shape index (κ1) is 46.7. The van der Waals surface area contributed by atoms with Crippen LogP contribution in [0.1, 0.15) is 65.7 Å². The van der Waals surface area contributed by atoms with Crippen molar-refractivity contribution in [3.63, 3.8) is 0 Å². The fourth-order valence-electron chi connectivity index (χ4n) is 6.20. The summed E-state index contributed by atoms with van der Waals surface area (Å²) >= 11 is 0. The van der Waals surface area contributed by atoms with Crippen LogP contribution in [0.15, 0.2) is 0 Å². The standard InChI is InChI=1S/C31H56N11O12P/c1-16(2)13-19(29(49)41-11-5-8-21(41)27(47)37-14-23(33)44)38-26(46)20(15-54-55(51,52)53)39-28(48)22-9-6-12-42(22)30(50)24(17(3)43)40-25(45)18(32)7-4-10-36-31(34)35/h16-22,24,43H,4-15,32H2,1-3H3,(H2,33,44)(H,37,47)(H,38,46)(H,39,48)(H,40,45)(H4,34,35,36)(H2,51,52,53)/p+1/t17-,18+,19+,20+,21+,22+,24+/m1/s1. The topological polar surface area (TPSA) is 379 Å². The second-order valence-electron chi connectivity index (χ2n) is 14.0. The molecule has 55 heavy (non-hydrogen) atoms. The molecule has 0 unspecified atom stereocenters. The van der Waals surface area contributed by atoms with Crippen molar-refractivity contribution in [1.29, 1.82) is 0 Å². The van der Waals surface area contributed by atoms with Gasteiger partial charge in [0.05, 0.1) is 31.8 Å². The van der Waals surface area contributed by atoms with Crippen molar-refractivity contribution in [1.82, 2.24) is 31.1 Å². The minimum atomic E-state index is -5.18. The number of hydrogen-bond acceptors (Lipinski definition) is 11. The third-order valence-electron chi connectivity index (χ3n) is 8.88. The minimum absolute atomic E-state index is 0.00733. The zero-order valence-electron chi connectivity index (χ0n) is 31.3. The van der Waals surface area contributed by atoms with Crippen molar-refractivity contribution in [3.05, 3.63) is 0 Å². The predicted molar refractivity (Wildman–Crippen MR) is 193 cm³/mol. The second kappa shape index (κ2) is 21.6. The quantitative estimate of drug-likeness (QED) is 0.0222. The summed E-state index contributed by atoms with van der Waals surface area (Å²) in [4.78, 5) is 115. The second-order valence-corrected chi connectivity index (χ2v) is 15.2. The van der Waals surface area contributed by atoms with Crippen LogP contribution in [-0.4, -0.2) is 147 Å². The molecule has 2 rings (SSSR count). The molecule has 2 heterocycles. The molecule has 16 N–H and O–H groups in total. The number of guanidine groups is 1. The molecule has 2 saturated heterocycles. The molecule has 0 aromatic rings. The lowest BCUT2D eigenvalue weighted by Crippen LogP contribution is -2.78. The SMILES string of the molecule is CC(C)C[C@H](NC(=O)[C@H](COP(=O)(O)O)NC(=O)[C@@H]1CCCN1C(=O)[C@@H](NC(=O)[C@@H](N)CCC[NH+]=C(N)N)[C@@H](C)O)C(=O)N1CCC[C@H]1C(=O)NCC(N)=O. The van der Waals surface area contributed by atoms with Gasteiger partial charge in [0.1, 0.15) is 30.2 Å². The molecule has 2 aliphatic rings. The summed E-state index contributed by atoms with van der Waals surface area (Å²) in [6.45, 7) is 3.82. The number of nitrogens with one attached hydrogen (secondary N) is 5. The van der Waals surface area contributed by atoms with Crippen LogP contribution in [0.5, 0.6) is 0 Å². The third-order valence-corrected chi connectivity index (χ3v) is 9.37. The number of carbonyl (C=O) groups excluding carboxylic acids is 7. The largest absolute Gasteiger partial charge is 0.469 e. The Kier molecular flexibility index (Phi) is 18.4. The van der Waals surface area contributed by atoms with Crippen LogP contribution in [0.4, 0.5) is 0 Å². The Balaban J connectivity index is 2.25. The lowest BCUT2D eigenvalue weighted by atomic mass is 10.0. The zero-order valence-corrected chi connectivity index (χ0v) is 32.2. The van der Waals surface area contributed by atoms with Gasteiger partial charge in [0, 0.05) is 13.1 Å². The fourth-order valence-corrected chi connectivity index (χ4v) is 6.54. The number of primary amides is 1. The maximum atomic E-state index is 13.8. The summed E-state index contributed by atoms with van der Waals surface area (Å²) in [5.74, 6) is -5.78. The molecule has 23 nitrogen and oxygen atoms in total. The van der Waals surface area contributed by atoms with E-state index in [1.807, 2.05) is 0 Å². The van der Waals surface area contributed by atoms with Crippen molar-refractivity contribution < 1.29 is 62.5 Å². The van der Waals surface area contributed by atoms with Crippen LogP contribution < -0.4 is 49.2 Å². The van der Waals surface area contributed by atoms with E-state index in [0.717, 1.165) is 4.90 Å². The number of likely N-dealkylation sites (tertiary alicyclic amines) is 2. The van der Waals surface area contributed by atoms with E-state index in [-0.39, 0.29) is 50.7 Å². The highest BCUT2D eigenvalue weighted by molar-refractivity contribution is 7.46. The lowest BCUT2D eigenvalue weighted by Gasteiger charge is -2.32. The number of carbonyl (C=O) groups is 7. The summed E-state index contributed by atoms with van der Waals surface area (Å²) in [6.07, 6.45) is 0.337. The molecular weight excluding hydrogens is 749 g/mol. The molecule has 0 aromatic carbocycles. The highest BCUT2D eigenvalue weighted by Gasteiger charge is 2.42. The van der Waals surface area contributed by atoms with Gasteiger partial charge in [-0.25, -0.2) is 4.57 Å². The first-order valence-electron chi connectivity index (χ1n) is 18.0. The third kappa shape index (κ3) is 15.3. The van der Waals surface area contributed by atoms with Crippen LogP contribution in [-0.2, 0) is 42.7 Å². The lowest BCUT2D eigenvalue weighted by molar-refractivity contribution is -0.459. The molecule has 0 saturated carbocycles. The number of nitrogens with zero attached hydrogens (tertiary/aromatic N) is 2. The van der Waals surface area contributed by atoms with Crippen LogP contribution in [0, 0.1) is 5.92 Å². The van der Waals surface area contributed by atoms with Crippen LogP contribution in [0.2, 0.25) is 0 Å². The summed E-state index contributed by atoms with van der Waals surface area (Å²) in [5.41, 5.74) is 21.8. The van der Waals surface area contributed by atoms with E-state index in [1.54, 1.807) is 13.8 Å². The van der Waals surface area contributed by atoms with Crippen molar-refractivity contribution in [2.75, 3.05) is 32.8 Å². The van der Waals surface area contributed by atoms with Crippen molar-refractivity contribution in [3.8, 4) is 0 Å². The summed E-state index contributed by atoms with van der Waals surface area (Å²) < 4.78 is 16.2. The number of phosphoric ester groups is 1. The van der Waals surface area contributed by atoms with E-state index in [2.05, 4.69) is 30.8 Å². The molecule has 0 aliphatic carbocycles. The summed E-state index contributed by atoms with van der Waals surface area (Å²) in [6, 6.07) is -7.83. The normalized spacial score (nSPS) is 19.8. The summed E-state index contributed by atoms with van der Waals surface area (Å²) in [7, 11) is -5.18. The molecule has 7 atom stereocenters. The maximum Gasteiger partial charge on any atom is 0.469 e. The van der Waals surface area contributed by atoms with E-state index in [4.69, 9.17) is 22.9 Å². The Morgan fingerprint density at radius 1 is 0.855 bits per heavy atom. The molecule has 0 spiro atoms. The molecule has 0 bridgehead atoms. The number of rotatable bonds is 21. The summed E-state index contributed by atoms with van der Waals surface area (Å²) in [5, 5.41) is 20.1. The van der Waals surface area contributed by atoms with Gasteiger partial charge in [0.2, 0.25) is 41.4 Å². The molecule has 0 radical (unpaired) electrons. The van der Waals surface area contributed by atoms with Gasteiger partial charge in [-0.1, -0.05) is 13.8 Å². The first-order chi connectivity index (χ1) is 25.6. The van der Waals surface area contributed by atoms with Gasteiger partial charge < -0.3 is 57.4 Å². The number of amides is 7. The molecule has 7 amide bonds. The highest BCUT2D eigenvalue weighted by Crippen LogP contribution is 2.35. The zero-order chi connectivity index (χ0) is 41.6. The van der Waals surface area contributed by atoms with Crippen LogP contribution >= 0.6 is 7.82 Å². The number of nitrogens with two attached hydrogens (primary N) is 4. The average Bonchev–Trinajstić information content (AvgIpc) is 3.78. The van der Waals surface area contributed by atoms with Gasteiger partial charge in [-0.3, -0.25) is 54.5 Å². The molecule has 0 aromatic heterocycles. The Bertz CT molecular complexity index is 1470. The highest BCUT2D eigenvalue weighted by atomic mass is 31.2. The van der Waals surface area contributed by atoms with Gasteiger partial charge in [0.25, 0.3) is 0 Å². The van der Waals surface area contributed by atoms with Gasteiger partial charge in [-0.15, -0.1) is 0 Å². The van der Waals surface area contributed by atoms with E-state index in [0.29, 0.717) is 25.8 Å². The minimum Gasteiger partial charge on any atom is -0.391 e. The maximum absolute atomic E-state index is 13.8. The van der Waals surface area contributed by atoms with Gasteiger partial charge in [-0.05, 0) is 57.8 Å². The molecule has 2 fully saturated rings. The molecule has 24 heteroatoms. The van der Waals surface area contributed by atoms with Gasteiger partial charge >= 0.3 is 13.8 Å². The van der Waals surface area contributed by atoms with Crippen LogP contribution in [0.25, 0.3) is 0 Å². The van der Waals surface area contributed by atoms with E-state index < -0.39 is 105 Å². The monoisotopic (exact) mass is 806 g/mol. The van der Waals surface area contributed by atoms with Gasteiger partial charge in [-0.2, -0.15) is 0 Å². The fraction of sp³-hybridized carbons (Fsp3) is 0.742. The first-order valence-corrected chi connectivity index (χ1v) is 19.5.